The van der Waals surface area contributed by atoms with E-state index in [1.807, 2.05) is 6.92 Å². The first kappa shape index (κ1) is 17.4. The number of unbranched alkanes of at least 4 members (excludes halogenated alkanes) is 2. The Morgan fingerprint density at radius 1 is 1.26 bits per heavy atom. The van der Waals surface area contributed by atoms with Gasteiger partial charge in [-0.15, -0.1) is 0 Å². The van der Waals surface area contributed by atoms with Gasteiger partial charge in [-0.05, 0) is 6.42 Å². The largest absolute Gasteiger partial charge is 0.468 e. The number of amides is 2. The maximum absolute atomic E-state index is 11.8. The minimum atomic E-state index is -0.616. The highest BCUT2D eigenvalue weighted by Crippen LogP contribution is 2.14. The van der Waals surface area contributed by atoms with E-state index in [9.17, 15) is 14.4 Å². The van der Waals surface area contributed by atoms with Gasteiger partial charge in [-0.25, -0.2) is 5.48 Å². The second kappa shape index (κ2) is 10.3. The molecule has 3 N–H and O–H groups in total. The van der Waals surface area contributed by atoms with Gasteiger partial charge in [0.1, 0.15) is 6.54 Å². The van der Waals surface area contributed by atoms with Crippen molar-refractivity contribution in [1.82, 2.24) is 10.8 Å². The fraction of sp³-hybridized carbons (Fsp3) is 0.750. The fourth-order valence-corrected chi connectivity index (χ4v) is 1.61. The van der Waals surface area contributed by atoms with Crippen LogP contribution in [0.2, 0.25) is 0 Å². The van der Waals surface area contributed by atoms with Crippen molar-refractivity contribution in [2.24, 2.45) is 5.92 Å². The van der Waals surface area contributed by atoms with Gasteiger partial charge in [0.2, 0.25) is 11.8 Å². The van der Waals surface area contributed by atoms with Crippen molar-refractivity contribution in [3.8, 4) is 0 Å². The molecule has 0 aromatic rings. The molecule has 110 valence electrons. The molecule has 2 amide bonds. The highest BCUT2D eigenvalue weighted by molar-refractivity contribution is 5.87. The number of esters is 1. The van der Waals surface area contributed by atoms with Gasteiger partial charge < -0.3 is 10.1 Å². The summed E-state index contributed by atoms with van der Waals surface area (Å²) in [6, 6.07) is 0. The summed E-state index contributed by atoms with van der Waals surface area (Å²) in [4.78, 5) is 33.9. The summed E-state index contributed by atoms with van der Waals surface area (Å²) in [6.45, 7) is 1.81. The van der Waals surface area contributed by atoms with E-state index >= 15 is 0 Å². The molecule has 7 heteroatoms. The molecule has 0 unspecified atom stereocenters. The normalized spacial score (nSPS) is 11.5. The molecule has 0 radical (unpaired) electrons. The van der Waals surface area contributed by atoms with Crippen molar-refractivity contribution in [2.75, 3.05) is 13.7 Å². The van der Waals surface area contributed by atoms with Crippen LogP contribution in [0.5, 0.6) is 0 Å². The predicted octanol–water partition coefficient (Wildman–Crippen LogP) is 0.368. The van der Waals surface area contributed by atoms with Crippen LogP contribution in [0.1, 0.15) is 39.0 Å². The van der Waals surface area contributed by atoms with Gasteiger partial charge in [-0.2, -0.15) is 0 Å². The van der Waals surface area contributed by atoms with Gasteiger partial charge in [0, 0.05) is 12.3 Å². The number of nitrogens with one attached hydrogen (secondary N) is 2. The van der Waals surface area contributed by atoms with E-state index in [1.54, 1.807) is 0 Å². The molecular formula is C12H22N2O5. The van der Waals surface area contributed by atoms with E-state index in [4.69, 9.17) is 5.21 Å². The first-order valence-corrected chi connectivity index (χ1v) is 6.32. The average molecular weight is 274 g/mol. The topological polar surface area (TPSA) is 105 Å². The summed E-state index contributed by atoms with van der Waals surface area (Å²) in [7, 11) is 1.23. The Labute approximate surface area is 112 Å². The Hall–Kier alpha value is -1.63. The second-order valence-corrected chi connectivity index (χ2v) is 4.23. The molecule has 0 aromatic heterocycles. The number of carbonyl (C=O) groups excluding carboxylic acids is 3. The van der Waals surface area contributed by atoms with Crippen molar-refractivity contribution in [2.45, 2.75) is 39.0 Å². The summed E-state index contributed by atoms with van der Waals surface area (Å²) in [5, 5.41) is 10.9. The lowest BCUT2D eigenvalue weighted by Gasteiger charge is -2.15. The molecule has 0 saturated heterocycles. The molecule has 0 aliphatic rings. The highest BCUT2D eigenvalue weighted by Gasteiger charge is 2.21. The minimum absolute atomic E-state index is 0.104. The van der Waals surface area contributed by atoms with Gasteiger partial charge in [-0.1, -0.05) is 26.2 Å². The summed E-state index contributed by atoms with van der Waals surface area (Å²) < 4.78 is 4.41. The maximum Gasteiger partial charge on any atom is 0.325 e. The Morgan fingerprint density at radius 3 is 2.47 bits per heavy atom. The number of hydroxylamine groups is 1. The molecule has 19 heavy (non-hydrogen) atoms. The van der Waals surface area contributed by atoms with E-state index < -0.39 is 17.8 Å². The number of rotatable bonds is 9. The van der Waals surface area contributed by atoms with Crippen molar-refractivity contribution in [3.05, 3.63) is 0 Å². The SMILES string of the molecule is CCCCC[C@H](CC(=O)NO)C(=O)NCC(=O)OC. The molecule has 0 bridgehead atoms. The molecular weight excluding hydrogens is 252 g/mol. The number of hydrogen-bond acceptors (Lipinski definition) is 5. The fourth-order valence-electron chi connectivity index (χ4n) is 1.61. The molecule has 0 saturated carbocycles. The van der Waals surface area contributed by atoms with E-state index in [0.717, 1.165) is 19.3 Å². The average Bonchev–Trinajstić information content (AvgIpc) is 2.43. The van der Waals surface area contributed by atoms with Crippen LogP contribution in [-0.4, -0.2) is 36.6 Å². The van der Waals surface area contributed by atoms with Crippen molar-refractivity contribution in [3.63, 3.8) is 0 Å². The van der Waals surface area contributed by atoms with Crippen LogP contribution in [0.25, 0.3) is 0 Å². The first-order valence-electron chi connectivity index (χ1n) is 6.32. The lowest BCUT2D eigenvalue weighted by atomic mass is 9.96. The van der Waals surface area contributed by atoms with E-state index in [0.29, 0.717) is 6.42 Å². The molecule has 0 heterocycles. The van der Waals surface area contributed by atoms with Crippen molar-refractivity contribution in [1.29, 1.82) is 0 Å². The van der Waals surface area contributed by atoms with Crippen LogP contribution in [0.4, 0.5) is 0 Å². The smallest absolute Gasteiger partial charge is 0.325 e. The lowest BCUT2D eigenvalue weighted by Crippen LogP contribution is -2.37. The summed E-state index contributed by atoms with van der Waals surface area (Å²) in [5.74, 6) is -2.10. The zero-order valence-corrected chi connectivity index (χ0v) is 11.4. The first-order chi connectivity index (χ1) is 9.04. The van der Waals surface area contributed by atoms with Crippen LogP contribution in [-0.2, 0) is 19.1 Å². The van der Waals surface area contributed by atoms with Gasteiger partial charge >= 0.3 is 5.97 Å². The number of methoxy groups -OCH3 is 1. The molecule has 0 aliphatic carbocycles. The third-order valence-electron chi connectivity index (χ3n) is 2.72. The van der Waals surface area contributed by atoms with Gasteiger partial charge in [0.25, 0.3) is 0 Å². The third-order valence-corrected chi connectivity index (χ3v) is 2.72. The number of carbonyl (C=O) groups is 3. The molecule has 1 atom stereocenters. The van der Waals surface area contributed by atoms with Crippen LogP contribution in [0.3, 0.4) is 0 Å². The Balaban J connectivity index is 4.31. The number of ether oxygens (including phenoxy) is 1. The molecule has 0 rings (SSSR count). The minimum Gasteiger partial charge on any atom is -0.468 e. The summed E-state index contributed by atoms with van der Waals surface area (Å²) >= 11 is 0. The summed E-state index contributed by atoms with van der Waals surface area (Å²) in [5.41, 5.74) is 1.51. The van der Waals surface area contributed by atoms with Gasteiger partial charge in [-0.3, -0.25) is 19.6 Å². The van der Waals surface area contributed by atoms with Crippen LogP contribution < -0.4 is 10.8 Å². The Kier molecular flexibility index (Phi) is 9.42. The van der Waals surface area contributed by atoms with E-state index in [-0.39, 0.29) is 18.9 Å². The van der Waals surface area contributed by atoms with Crippen molar-refractivity contribution < 1.29 is 24.3 Å². The Bertz CT molecular complexity index is 306. The predicted molar refractivity (Wildman–Crippen MR) is 67.2 cm³/mol. The quantitative estimate of drug-likeness (QED) is 0.244. The third kappa shape index (κ3) is 8.15. The van der Waals surface area contributed by atoms with E-state index in [2.05, 4.69) is 10.1 Å². The monoisotopic (exact) mass is 274 g/mol. The molecule has 7 nitrogen and oxygen atoms in total. The zero-order valence-electron chi connectivity index (χ0n) is 11.4. The molecule has 0 spiro atoms. The highest BCUT2D eigenvalue weighted by atomic mass is 16.5. The number of hydrogen-bond donors (Lipinski definition) is 3. The van der Waals surface area contributed by atoms with Crippen LogP contribution in [0, 0.1) is 5.92 Å². The van der Waals surface area contributed by atoms with Crippen LogP contribution >= 0.6 is 0 Å². The Morgan fingerprint density at radius 2 is 1.95 bits per heavy atom. The van der Waals surface area contributed by atoms with Crippen molar-refractivity contribution >= 4 is 17.8 Å². The molecule has 0 aromatic carbocycles. The zero-order chi connectivity index (χ0) is 14.7. The molecule has 0 fully saturated rings. The summed E-state index contributed by atoms with van der Waals surface area (Å²) in [6.07, 6.45) is 3.21. The van der Waals surface area contributed by atoms with Gasteiger partial charge in [0.05, 0.1) is 7.11 Å². The standard InChI is InChI=1S/C12H22N2O5/c1-3-4-5-6-9(7-10(15)14-18)12(17)13-8-11(16)19-2/h9,18H,3-8H2,1-2H3,(H,13,17)(H,14,15)/t9-/m1/s1. The van der Waals surface area contributed by atoms with E-state index in [1.165, 1.54) is 12.6 Å². The van der Waals surface area contributed by atoms with Gasteiger partial charge in [0.15, 0.2) is 0 Å². The maximum atomic E-state index is 11.8. The van der Waals surface area contributed by atoms with Crippen LogP contribution in [0.15, 0.2) is 0 Å². The second-order valence-electron chi connectivity index (χ2n) is 4.23. The molecule has 0 aliphatic heterocycles. The lowest BCUT2D eigenvalue weighted by molar-refractivity contribution is -0.142.